The van der Waals surface area contributed by atoms with Gasteiger partial charge in [-0.2, -0.15) is 4.31 Å². The molecule has 0 saturated carbocycles. The van der Waals surface area contributed by atoms with E-state index in [2.05, 4.69) is 10.6 Å². The fraction of sp³-hybridized carbons (Fsp3) is 0.391. The molecule has 1 aliphatic heterocycles. The van der Waals surface area contributed by atoms with Crippen LogP contribution < -0.4 is 10.6 Å². The molecule has 10 heteroatoms. The summed E-state index contributed by atoms with van der Waals surface area (Å²) in [6, 6.07) is 11.1. The Kier molecular flexibility index (Phi) is 8.51. The van der Waals surface area contributed by atoms with E-state index < -0.39 is 27.6 Å². The second-order valence-electron chi connectivity index (χ2n) is 7.95. The van der Waals surface area contributed by atoms with Crippen LogP contribution in [0.3, 0.4) is 0 Å². The van der Waals surface area contributed by atoms with Crippen molar-refractivity contribution < 1.29 is 26.8 Å². The third-order valence-electron chi connectivity index (χ3n) is 5.58. The minimum absolute atomic E-state index is 0.170. The number of nitrogens with one attached hydrogen (secondary N) is 2. The van der Waals surface area contributed by atoms with Crippen LogP contribution in [0.2, 0.25) is 0 Å². The lowest BCUT2D eigenvalue weighted by molar-refractivity contribution is -0.121. The summed E-state index contributed by atoms with van der Waals surface area (Å²) in [5.74, 6) is -2.34. The molecule has 2 aromatic rings. The predicted molar refractivity (Wildman–Crippen MR) is 119 cm³/mol. The number of benzene rings is 2. The molecule has 1 heterocycles. The molecule has 0 radical (unpaired) electrons. The maximum absolute atomic E-state index is 13.6. The van der Waals surface area contributed by atoms with E-state index in [1.165, 1.54) is 4.31 Å². The quantitative estimate of drug-likeness (QED) is 0.541. The maximum atomic E-state index is 13.6. The Labute approximate surface area is 192 Å². The predicted octanol–water partition coefficient (Wildman–Crippen LogP) is 2.69. The first-order chi connectivity index (χ1) is 15.8. The Morgan fingerprint density at radius 2 is 1.70 bits per heavy atom. The zero-order valence-electron chi connectivity index (χ0n) is 18.1. The van der Waals surface area contributed by atoms with Gasteiger partial charge in [0.2, 0.25) is 15.9 Å². The van der Waals surface area contributed by atoms with Crippen LogP contribution in [0.25, 0.3) is 0 Å². The summed E-state index contributed by atoms with van der Waals surface area (Å²) in [4.78, 5) is 24.3. The van der Waals surface area contributed by atoms with Crippen LogP contribution in [0.1, 0.15) is 36.0 Å². The zero-order valence-corrected chi connectivity index (χ0v) is 18.9. The van der Waals surface area contributed by atoms with E-state index in [9.17, 15) is 26.8 Å². The highest BCUT2D eigenvalue weighted by atomic mass is 32.2. The highest BCUT2D eigenvalue weighted by Gasteiger charge is 2.29. The second kappa shape index (κ2) is 11.3. The van der Waals surface area contributed by atoms with Gasteiger partial charge in [-0.15, -0.1) is 0 Å². The van der Waals surface area contributed by atoms with Crippen molar-refractivity contribution in [1.29, 1.82) is 0 Å². The first-order valence-corrected chi connectivity index (χ1v) is 12.3. The lowest BCUT2D eigenvalue weighted by Gasteiger charge is -2.31. The molecule has 0 unspecified atom stereocenters. The largest absolute Gasteiger partial charge is 0.356 e. The van der Waals surface area contributed by atoms with Gasteiger partial charge in [-0.05, 0) is 49.4 Å². The van der Waals surface area contributed by atoms with Gasteiger partial charge in [0.25, 0.3) is 5.91 Å². The van der Waals surface area contributed by atoms with Gasteiger partial charge in [-0.25, -0.2) is 17.2 Å². The van der Waals surface area contributed by atoms with Gasteiger partial charge >= 0.3 is 0 Å². The van der Waals surface area contributed by atoms with Crippen molar-refractivity contribution in [3.63, 3.8) is 0 Å². The summed E-state index contributed by atoms with van der Waals surface area (Å²) >= 11 is 0. The number of amides is 2. The molecular weight excluding hydrogens is 452 g/mol. The first kappa shape index (κ1) is 24.8. The van der Waals surface area contributed by atoms with Gasteiger partial charge in [-0.1, -0.05) is 18.2 Å². The minimum Gasteiger partial charge on any atom is -0.356 e. The van der Waals surface area contributed by atoms with Gasteiger partial charge in [0.15, 0.2) is 0 Å². The Morgan fingerprint density at radius 3 is 2.36 bits per heavy atom. The van der Waals surface area contributed by atoms with Crippen molar-refractivity contribution in [1.82, 2.24) is 14.9 Å². The number of sulfonamides is 1. The van der Waals surface area contributed by atoms with E-state index in [4.69, 9.17) is 0 Å². The van der Waals surface area contributed by atoms with E-state index in [0.717, 1.165) is 12.1 Å². The summed E-state index contributed by atoms with van der Waals surface area (Å²) in [6.45, 7) is 1.46. The number of carbonyl (C=O) groups excluding carboxylic acids is 2. The fourth-order valence-electron chi connectivity index (χ4n) is 3.66. The second-order valence-corrected chi connectivity index (χ2v) is 9.89. The van der Waals surface area contributed by atoms with Crippen LogP contribution in [-0.2, 0) is 14.8 Å². The maximum Gasteiger partial charge on any atom is 0.254 e. The summed E-state index contributed by atoms with van der Waals surface area (Å²) in [5, 5.41) is 5.36. The molecule has 0 atom stereocenters. The molecule has 3 rings (SSSR count). The van der Waals surface area contributed by atoms with E-state index in [1.807, 2.05) is 0 Å². The van der Waals surface area contributed by atoms with Crippen molar-refractivity contribution in [2.24, 2.45) is 5.92 Å². The van der Waals surface area contributed by atoms with Crippen LogP contribution in [0.4, 0.5) is 8.78 Å². The molecule has 0 spiro atoms. The van der Waals surface area contributed by atoms with E-state index >= 15 is 0 Å². The molecule has 0 bridgehead atoms. The number of hydrogen-bond acceptors (Lipinski definition) is 4. The molecule has 2 N–H and O–H groups in total. The molecule has 1 fully saturated rings. The highest BCUT2D eigenvalue weighted by Crippen LogP contribution is 2.23. The SMILES string of the molecule is O=C(CCCNC(=O)c1ccc(F)cc1F)NCC1CCN(S(=O)(=O)c2ccccc2)CC1. The van der Waals surface area contributed by atoms with Crippen LogP contribution >= 0.6 is 0 Å². The van der Waals surface area contributed by atoms with Crippen LogP contribution in [0, 0.1) is 17.6 Å². The van der Waals surface area contributed by atoms with Gasteiger partial charge in [0.05, 0.1) is 10.5 Å². The highest BCUT2D eigenvalue weighted by molar-refractivity contribution is 7.89. The average molecular weight is 480 g/mol. The summed E-state index contributed by atoms with van der Waals surface area (Å²) < 4.78 is 53.3. The van der Waals surface area contributed by atoms with Gasteiger partial charge in [0.1, 0.15) is 11.6 Å². The number of hydrogen-bond donors (Lipinski definition) is 2. The van der Waals surface area contributed by atoms with Crippen molar-refractivity contribution in [3.8, 4) is 0 Å². The molecule has 2 amide bonds. The molecule has 0 aliphatic carbocycles. The van der Waals surface area contributed by atoms with E-state index in [0.29, 0.717) is 45.0 Å². The minimum atomic E-state index is -3.49. The molecule has 2 aromatic carbocycles. The Balaban J connectivity index is 1.33. The summed E-state index contributed by atoms with van der Waals surface area (Å²) in [5.41, 5.74) is -0.249. The third-order valence-corrected chi connectivity index (χ3v) is 7.50. The number of rotatable bonds is 9. The molecule has 1 saturated heterocycles. The van der Waals surface area contributed by atoms with Crippen molar-refractivity contribution in [3.05, 3.63) is 65.7 Å². The normalized spacial score (nSPS) is 15.2. The Hall–Kier alpha value is -2.85. The monoisotopic (exact) mass is 479 g/mol. The lowest BCUT2D eigenvalue weighted by Crippen LogP contribution is -2.41. The fourth-order valence-corrected chi connectivity index (χ4v) is 5.15. The van der Waals surface area contributed by atoms with Crippen molar-refractivity contribution in [2.75, 3.05) is 26.2 Å². The van der Waals surface area contributed by atoms with Gasteiger partial charge < -0.3 is 10.6 Å². The van der Waals surface area contributed by atoms with Crippen LogP contribution in [-0.4, -0.2) is 50.7 Å². The first-order valence-electron chi connectivity index (χ1n) is 10.8. The average Bonchev–Trinajstić information content (AvgIpc) is 2.81. The van der Waals surface area contributed by atoms with Crippen LogP contribution in [0.15, 0.2) is 53.4 Å². The Bertz CT molecular complexity index is 1070. The number of nitrogens with zero attached hydrogens (tertiary/aromatic N) is 1. The van der Waals surface area contributed by atoms with Crippen molar-refractivity contribution in [2.45, 2.75) is 30.6 Å². The molecule has 1 aliphatic rings. The number of piperidine rings is 1. The third kappa shape index (κ3) is 6.82. The van der Waals surface area contributed by atoms with Gasteiger partial charge in [0, 0.05) is 38.7 Å². The molecule has 7 nitrogen and oxygen atoms in total. The standard InChI is InChI=1S/C23H27F2N3O4S/c24-18-8-9-20(21(25)15-18)23(30)26-12-4-7-22(29)27-16-17-10-13-28(14-11-17)33(31,32)19-5-2-1-3-6-19/h1-3,5-6,8-9,15,17H,4,7,10-14,16H2,(H,26,30)(H,27,29). The zero-order chi connectivity index (χ0) is 23.8. The number of carbonyl (C=O) groups is 2. The van der Waals surface area contributed by atoms with Crippen LogP contribution in [0.5, 0.6) is 0 Å². The lowest BCUT2D eigenvalue weighted by atomic mass is 9.98. The Morgan fingerprint density at radius 1 is 1.00 bits per heavy atom. The molecule has 178 valence electrons. The summed E-state index contributed by atoms with van der Waals surface area (Å²) in [7, 11) is -3.49. The van der Waals surface area contributed by atoms with Crippen molar-refractivity contribution >= 4 is 21.8 Å². The molecule has 33 heavy (non-hydrogen) atoms. The number of halogens is 2. The smallest absolute Gasteiger partial charge is 0.254 e. The molecular formula is C23H27F2N3O4S. The van der Waals surface area contributed by atoms with Gasteiger partial charge in [-0.3, -0.25) is 9.59 Å². The van der Waals surface area contributed by atoms with E-state index in [1.54, 1.807) is 30.3 Å². The molecule has 0 aromatic heterocycles. The topological polar surface area (TPSA) is 95.6 Å². The van der Waals surface area contributed by atoms with E-state index in [-0.39, 0.29) is 35.2 Å². The summed E-state index contributed by atoms with van der Waals surface area (Å²) in [6.07, 6.45) is 1.87.